The molecule has 72 valence electrons. The molecule has 0 aromatic carbocycles. The fourth-order valence-electron chi connectivity index (χ4n) is 2.34. The summed E-state index contributed by atoms with van der Waals surface area (Å²) in [5.41, 5.74) is 0. The Kier molecular flexibility index (Phi) is 2.38. The van der Waals surface area contributed by atoms with Crippen LogP contribution in [0.5, 0.6) is 0 Å². The van der Waals surface area contributed by atoms with E-state index in [9.17, 15) is 4.79 Å². The SMILES string of the molecule is CC1=CC(=O)C(C2CCCCC2)O1. The molecule has 2 nitrogen and oxygen atoms in total. The third-order valence-corrected chi connectivity index (χ3v) is 3.02. The third kappa shape index (κ3) is 1.77. The van der Waals surface area contributed by atoms with Gasteiger partial charge in [0.15, 0.2) is 11.9 Å². The molecule has 2 heteroatoms. The summed E-state index contributed by atoms with van der Waals surface area (Å²) in [6.45, 7) is 1.86. The summed E-state index contributed by atoms with van der Waals surface area (Å²) >= 11 is 0. The average Bonchev–Trinajstić information content (AvgIpc) is 2.47. The van der Waals surface area contributed by atoms with Crippen molar-refractivity contribution in [2.24, 2.45) is 5.92 Å². The van der Waals surface area contributed by atoms with Crippen LogP contribution in [0.25, 0.3) is 0 Å². The van der Waals surface area contributed by atoms with Crippen LogP contribution in [0.3, 0.4) is 0 Å². The molecule has 0 aromatic heterocycles. The minimum atomic E-state index is -0.139. The Morgan fingerprint density at radius 3 is 2.54 bits per heavy atom. The van der Waals surface area contributed by atoms with Crippen LogP contribution in [0.15, 0.2) is 11.8 Å². The van der Waals surface area contributed by atoms with E-state index in [-0.39, 0.29) is 11.9 Å². The molecule has 0 saturated heterocycles. The Bertz CT molecular complexity index is 236. The van der Waals surface area contributed by atoms with Crippen LogP contribution in [-0.2, 0) is 9.53 Å². The van der Waals surface area contributed by atoms with E-state index < -0.39 is 0 Å². The lowest BCUT2D eigenvalue weighted by molar-refractivity contribution is -0.123. The molecule has 1 atom stereocenters. The number of allylic oxidation sites excluding steroid dienone is 1. The van der Waals surface area contributed by atoms with Crippen molar-refractivity contribution in [3.05, 3.63) is 11.8 Å². The summed E-state index contributed by atoms with van der Waals surface area (Å²) < 4.78 is 5.52. The maximum atomic E-state index is 11.5. The number of hydrogen-bond acceptors (Lipinski definition) is 2. The van der Waals surface area contributed by atoms with Gasteiger partial charge in [0.1, 0.15) is 0 Å². The Morgan fingerprint density at radius 1 is 1.31 bits per heavy atom. The van der Waals surface area contributed by atoms with E-state index in [2.05, 4.69) is 0 Å². The van der Waals surface area contributed by atoms with E-state index in [1.165, 1.54) is 19.3 Å². The molecular formula is C11H16O2. The average molecular weight is 180 g/mol. The first-order valence-corrected chi connectivity index (χ1v) is 5.16. The van der Waals surface area contributed by atoms with Gasteiger partial charge in [-0.15, -0.1) is 0 Å². The predicted octanol–water partition coefficient (Wildman–Crippen LogP) is 2.44. The molecule has 0 radical (unpaired) electrons. The zero-order valence-corrected chi connectivity index (χ0v) is 8.08. The van der Waals surface area contributed by atoms with Gasteiger partial charge in [0.2, 0.25) is 0 Å². The highest BCUT2D eigenvalue weighted by Crippen LogP contribution is 2.31. The summed E-state index contributed by atoms with van der Waals surface area (Å²) in [5, 5.41) is 0. The van der Waals surface area contributed by atoms with Crippen molar-refractivity contribution in [2.45, 2.75) is 45.1 Å². The molecule has 1 saturated carbocycles. The number of carbonyl (C=O) groups is 1. The van der Waals surface area contributed by atoms with Crippen LogP contribution >= 0.6 is 0 Å². The number of ether oxygens (including phenoxy) is 1. The highest BCUT2D eigenvalue weighted by atomic mass is 16.5. The predicted molar refractivity (Wildman–Crippen MR) is 50.2 cm³/mol. The topological polar surface area (TPSA) is 26.3 Å². The molecule has 1 aliphatic heterocycles. The van der Waals surface area contributed by atoms with Crippen molar-refractivity contribution < 1.29 is 9.53 Å². The fourth-order valence-corrected chi connectivity index (χ4v) is 2.34. The molecule has 1 aliphatic carbocycles. The molecular weight excluding hydrogens is 164 g/mol. The molecule has 1 fully saturated rings. The first-order valence-electron chi connectivity index (χ1n) is 5.16. The monoisotopic (exact) mass is 180 g/mol. The van der Waals surface area contributed by atoms with Gasteiger partial charge < -0.3 is 4.74 Å². The van der Waals surface area contributed by atoms with E-state index in [1.807, 2.05) is 6.92 Å². The van der Waals surface area contributed by atoms with Gasteiger partial charge >= 0.3 is 0 Å². The molecule has 2 rings (SSSR count). The lowest BCUT2D eigenvalue weighted by atomic mass is 9.84. The Labute approximate surface area is 79.0 Å². The van der Waals surface area contributed by atoms with E-state index in [4.69, 9.17) is 4.74 Å². The summed E-state index contributed by atoms with van der Waals surface area (Å²) in [7, 11) is 0. The van der Waals surface area contributed by atoms with Crippen molar-refractivity contribution >= 4 is 5.78 Å². The number of hydrogen-bond donors (Lipinski definition) is 0. The summed E-state index contributed by atoms with van der Waals surface area (Å²) in [6, 6.07) is 0. The van der Waals surface area contributed by atoms with Gasteiger partial charge in [0, 0.05) is 12.0 Å². The van der Waals surface area contributed by atoms with Gasteiger partial charge in [-0.2, -0.15) is 0 Å². The minimum absolute atomic E-state index is 0.139. The quantitative estimate of drug-likeness (QED) is 0.619. The molecule has 13 heavy (non-hydrogen) atoms. The second kappa shape index (κ2) is 3.52. The normalized spacial score (nSPS) is 30.1. The lowest BCUT2D eigenvalue weighted by Gasteiger charge is -2.26. The minimum Gasteiger partial charge on any atom is -0.487 e. The highest BCUT2D eigenvalue weighted by Gasteiger charge is 2.33. The van der Waals surface area contributed by atoms with E-state index in [1.54, 1.807) is 6.08 Å². The Hall–Kier alpha value is -0.790. The van der Waals surface area contributed by atoms with Crippen LogP contribution in [0.1, 0.15) is 39.0 Å². The van der Waals surface area contributed by atoms with Gasteiger partial charge in [-0.3, -0.25) is 4.79 Å². The largest absolute Gasteiger partial charge is 0.487 e. The molecule has 1 unspecified atom stereocenters. The molecule has 1 heterocycles. The molecule has 0 amide bonds. The van der Waals surface area contributed by atoms with E-state index in [0.717, 1.165) is 18.6 Å². The van der Waals surface area contributed by atoms with Crippen molar-refractivity contribution in [1.29, 1.82) is 0 Å². The number of carbonyl (C=O) groups excluding carboxylic acids is 1. The van der Waals surface area contributed by atoms with Crippen molar-refractivity contribution in [3.63, 3.8) is 0 Å². The number of ketones is 1. The zero-order chi connectivity index (χ0) is 9.26. The van der Waals surface area contributed by atoms with Crippen molar-refractivity contribution in [2.75, 3.05) is 0 Å². The van der Waals surface area contributed by atoms with Gasteiger partial charge in [-0.05, 0) is 19.8 Å². The molecule has 0 spiro atoms. The van der Waals surface area contributed by atoms with Crippen molar-refractivity contribution in [1.82, 2.24) is 0 Å². The summed E-state index contributed by atoms with van der Waals surface area (Å²) in [6.07, 6.45) is 7.67. The van der Waals surface area contributed by atoms with Crippen LogP contribution in [0.2, 0.25) is 0 Å². The maximum Gasteiger partial charge on any atom is 0.199 e. The molecule has 0 N–H and O–H groups in total. The van der Waals surface area contributed by atoms with Gasteiger partial charge in [-0.1, -0.05) is 19.3 Å². The first-order chi connectivity index (χ1) is 6.27. The van der Waals surface area contributed by atoms with Gasteiger partial charge in [-0.25, -0.2) is 0 Å². The second-order valence-corrected chi connectivity index (χ2v) is 4.09. The van der Waals surface area contributed by atoms with Gasteiger partial charge in [0.25, 0.3) is 0 Å². The maximum absolute atomic E-state index is 11.5. The summed E-state index contributed by atoms with van der Waals surface area (Å²) in [4.78, 5) is 11.5. The van der Waals surface area contributed by atoms with E-state index in [0.29, 0.717) is 5.92 Å². The van der Waals surface area contributed by atoms with Gasteiger partial charge in [0.05, 0.1) is 5.76 Å². The zero-order valence-electron chi connectivity index (χ0n) is 8.08. The fraction of sp³-hybridized carbons (Fsp3) is 0.727. The first kappa shape index (κ1) is 8.79. The second-order valence-electron chi connectivity index (χ2n) is 4.09. The van der Waals surface area contributed by atoms with Crippen LogP contribution in [0, 0.1) is 5.92 Å². The smallest absolute Gasteiger partial charge is 0.199 e. The lowest BCUT2D eigenvalue weighted by Crippen LogP contribution is -2.28. The van der Waals surface area contributed by atoms with Crippen molar-refractivity contribution in [3.8, 4) is 0 Å². The number of rotatable bonds is 1. The Morgan fingerprint density at radius 2 is 2.00 bits per heavy atom. The molecule has 2 aliphatic rings. The standard InChI is InChI=1S/C11H16O2/c1-8-7-10(12)11(13-8)9-5-3-2-4-6-9/h7,9,11H,2-6H2,1H3. The highest BCUT2D eigenvalue weighted by molar-refractivity contribution is 5.96. The third-order valence-electron chi connectivity index (χ3n) is 3.02. The van der Waals surface area contributed by atoms with Crippen LogP contribution < -0.4 is 0 Å². The van der Waals surface area contributed by atoms with Crippen LogP contribution in [-0.4, -0.2) is 11.9 Å². The van der Waals surface area contributed by atoms with E-state index >= 15 is 0 Å². The van der Waals surface area contributed by atoms with Crippen LogP contribution in [0.4, 0.5) is 0 Å². The Balaban J connectivity index is 1.98. The summed E-state index contributed by atoms with van der Waals surface area (Å²) in [5.74, 6) is 1.46. The molecule has 0 bridgehead atoms. The molecule has 0 aromatic rings.